The zero-order chi connectivity index (χ0) is 16.9. The number of rotatable bonds is 5. The van der Waals surface area contributed by atoms with Crippen LogP contribution in [0.1, 0.15) is 16.7 Å². The number of amides is 1. The van der Waals surface area contributed by atoms with Crippen molar-refractivity contribution in [3.63, 3.8) is 0 Å². The summed E-state index contributed by atoms with van der Waals surface area (Å²) in [5, 5.41) is 3.03. The van der Waals surface area contributed by atoms with Crippen LogP contribution in [0.4, 0.5) is 0 Å². The summed E-state index contributed by atoms with van der Waals surface area (Å²) in [6, 6.07) is 14.1. The number of benzene rings is 2. The molecule has 24 heavy (non-hydrogen) atoms. The van der Waals surface area contributed by atoms with Gasteiger partial charge in [0.25, 0.3) is 0 Å². The zero-order valence-corrected chi connectivity index (χ0v) is 14.2. The number of hydrogen-bond donors (Lipinski definition) is 1. The SMILES string of the molecule is COc1ccc2c(c1)OCC(C(=O)NCCc1cccc(C)c1)C2. The Kier molecular flexibility index (Phi) is 5.04. The average Bonchev–Trinajstić information content (AvgIpc) is 2.60. The third-order valence-corrected chi connectivity index (χ3v) is 4.35. The molecular weight excluding hydrogens is 302 g/mol. The number of fused-ring (bicyclic) bond motifs is 1. The Hall–Kier alpha value is -2.49. The van der Waals surface area contributed by atoms with Gasteiger partial charge in [-0.25, -0.2) is 0 Å². The van der Waals surface area contributed by atoms with E-state index in [4.69, 9.17) is 9.47 Å². The fourth-order valence-corrected chi connectivity index (χ4v) is 2.99. The van der Waals surface area contributed by atoms with Crippen molar-refractivity contribution < 1.29 is 14.3 Å². The van der Waals surface area contributed by atoms with Crippen LogP contribution >= 0.6 is 0 Å². The maximum Gasteiger partial charge on any atom is 0.226 e. The van der Waals surface area contributed by atoms with E-state index < -0.39 is 0 Å². The molecule has 1 N–H and O–H groups in total. The van der Waals surface area contributed by atoms with Crippen molar-refractivity contribution in [3.05, 3.63) is 59.2 Å². The van der Waals surface area contributed by atoms with E-state index >= 15 is 0 Å². The molecule has 0 spiro atoms. The minimum Gasteiger partial charge on any atom is -0.497 e. The van der Waals surface area contributed by atoms with Gasteiger partial charge < -0.3 is 14.8 Å². The van der Waals surface area contributed by atoms with E-state index in [1.165, 1.54) is 11.1 Å². The maximum absolute atomic E-state index is 12.4. The number of ether oxygens (including phenoxy) is 2. The molecule has 3 rings (SSSR count). The third kappa shape index (κ3) is 3.88. The van der Waals surface area contributed by atoms with Gasteiger partial charge in [0.1, 0.15) is 18.1 Å². The van der Waals surface area contributed by atoms with E-state index in [-0.39, 0.29) is 11.8 Å². The van der Waals surface area contributed by atoms with Crippen molar-refractivity contribution in [1.82, 2.24) is 5.32 Å². The first-order valence-electron chi connectivity index (χ1n) is 8.28. The fourth-order valence-electron chi connectivity index (χ4n) is 2.99. The van der Waals surface area contributed by atoms with Gasteiger partial charge >= 0.3 is 0 Å². The predicted octanol–water partition coefficient (Wildman–Crippen LogP) is 2.91. The van der Waals surface area contributed by atoms with Crippen LogP contribution in [0, 0.1) is 12.8 Å². The number of hydrogen-bond acceptors (Lipinski definition) is 3. The van der Waals surface area contributed by atoms with Crippen molar-refractivity contribution in [2.75, 3.05) is 20.3 Å². The van der Waals surface area contributed by atoms with Crippen LogP contribution in [0.15, 0.2) is 42.5 Å². The lowest BCUT2D eigenvalue weighted by Crippen LogP contribution is -2.38. The molecule has 2 aromatic carbocycles. The van der Waals surface area contributed by atoms with Gasteiger partial charge in [-0.05, 0) is 37.0 Å². The van der Waals surface area contributed by atoms with Gasteiger partial charge in [-0.15, -0.1) is 0 Å². The van der Waals surface area contributed by atoms with Crippen LogP contribution in [0.3, 0.4) is 0 Å². The number of nitrogens with one attached hydrogen (secondary N) is 1. The van der Waals surface area contributed by atoms with Gasteiger partial charge in [0, 0.05) is 12.6 Å². The van der Waals surface area contributed by atoms with Crippen LogP contribution in [0.5, 0.6) is 11.5 Å². The summed E-state index contributed by atoms with van der Waals surface area (Å²) in [7, 11) is 1.63. The van der Waals surface area contributed by atoms with Crippen LogP contribution in [-0.2, 0) is 17.6 Å². The summed E-state index contributed by atoms with van der Waals surface area (Å²) in [5.74, 6) is 1.51. The van der Waals surface area contributed by atoms with E-state index in [9.17, 15) is 4.79 Å². The van der Waals surface area contributed by atoms with Crippen LogP contribution in [-0.4, -0.2) is 26.2 Å². The first-order valence-corrected chi connectivity index (χ1v) is 8.28. The summed E-state index contributed by atoms with van der Waals surface area (Å²) in [6.07, 6.45) is 1.55. The second kappa shape index (κ2) is 7.39. The van der Waals surface area contributed by atoms with Crippen molar-refractivity contribution >= 4 is 5.91 Å². The number of methoxy groups -OCH3 is 1. The first kappa shape index (κ1) is 16.4. The average molecular weight is 325 g/mol. The topological polar surface area (TPSA) is 47.6 Å². The highest BCUT2D eigenvalue weighted by Crippen LogP contribution is 2.31. The quantitative estimate of drug-likeness (QED) is 0.919. The van der Waals surface area contributed by atoms with Gasteiger partial charge in [0.05, 0.1) is 13.0 Å². The van der Waals surface area contributed by atoms with Gasteiger partial charge in [-0.2, -0.15) is 0 Å². The highest BCUT2D eigenvalue weighted by molar-refractivity contribution is 5.79. The molecule has 1 aliphatic rings. The Morgan fingerprint density at radius 2 is 2.17 bits per heavy atom. The van der Waals surface area contributed by atoms with E-state index in [0.29, 0.717) is 19.6 Å². The van der Waals surface area contributed by atoms with Crippen LogP contribution in [0.2, 0.25) is 0 Å². The lowest BCUT2D eigenvalue weighted by atomic mass is 9.96. The molecule has 4 nitrogen and oxygen atoms in total. The molecule has 1 aliphatic heterocycles. The Labute approximate surface area is 142 Å². The molecule has 0 aliphatic carbocycles. The molecule has 0 saturated heterocycles. The molecule has 0 saturated carbocycles. The molecule has 4 heteroatoms. The molecule has 0 aromatic heterocycles. The lowest BCUT2D eigenvalue weighted by molar-refractivity contribution is -0.126. The van der Waals surface area contributed by atoms with E-state index in [1.807, 2.05) is 24.3 Å². The predicted molar refractivity (Wildman–Crippen MR) is 93.6 cm³/mol. The summed E-state index contributed by atoms with van der Waals surface area (Å²) < 4.78 is 10.9. The zero-order valence-electron chi connectivity index (χ0n) is 14.2. The number of aryl methyl sites for hydroxylation is 1. The highest BCUT2D eigenvalue weighted by Gasteiger charge is 2.26. The minimum absolute atomic E-state index is 0.0594. The molecule has 1 unspecified atom stereocenters. The van der Waals surface area contributed by atoms with Gasteiger partial charge in [-0.3, -0.25) is 4.79 Å². The van der Waals surface area contributed by atoms with Crippen molar-refractivity contribution in [2.24, 2.45) is 5.92 Å². The summed E-state index contributed by atoms with van der Waals surface area (Å²) >= 11 is 0. The third-order valence-electron chi connectivity index (χ3n) is 4.35. The molecule has 0 bridgehead atoms. The molecular formula is C20H23NO3. The van der Waals surface area contributed by atoms with E-state index in [1.54, 1.807) is 7.11 Å². The molecule has 126 valence electrons. The van der Waals surface area contributed by atoms with Crippen LogP contribution in [0.25, 0.3) is 0 Å². The molecule has 0 fully saturated rings. The summed E-state index contributed by atoms with van der Waals surface area (Å²) in [4.78, 5) is 12.4. The van der Waals surface area contributed by atoms with Crippen LogP contribution < -0.4 is 14.8 Å². The Morgan fingerprint density at radius 1 is 1.29 bits per heavy atom. The van der Waals surface area contributed by atoms with Gasteiger partial charge in [0.2, 0.25) is 5.91 Å². The Bertz CT molecular complexity index is 727. The highest BCUT2D eigenvalue weighted by atomic mass is 16.5. The van der Waals surface area contributed by atoms with Crippen molar-refractivity contribution in [1.29, 1.82) is 0 Å². The van der Waals surface area contributed by atoms with Gasteiger partial charge in [-0.1, -0.05) is 35.9 Å². The number of carbonyl (C=O) groups excluding carboxylic acids is 1. The second-order valence-corrected chi connectivity index (χ2v) is 6.22. The number of carbonyl (C=O) groups is 1. The van der Waals surface area contributed by atoms with E-state index in [2.05, 4.69) is 30.4 Å². The normalized spacial score (nSPS) is 16.0. The minimum atomic E-state index is -0.136. The standard InChI is InChI=1S/C20H23NO3/c1-14-4-3-5-15(10-14)8-9-21-20(22)17-11-16-6-7-18(23-2)12-19(16)24-13-17/h3-7,10,12,17H,8-9,11,13H2,1-2H3,(H,21,22). The lowest BCUT2D eigenvalue weighted by Gasteiger charge is -2.25. The second-order valence-electron chi connectivity index (χ2n) is 6.22. The van der Waals surface area contributed by atoms with Gasteiger partial charge in [0.15, 0.2) is 0 Å². The monoisotopic (exact) mass is 325 g/mol. The fraction of sp³-hybridized carbons (Fsp3) is 0.350. The van der Waals surface area contributed by atoms with E-state index in [0.717, 1.165) is 23.5 Å². The molecule has 0 radical (unpaired) electrons. The molecule has 1 amide bonds. The first-order chi connectivity index (χ1) is 11.7. The Morgan fingerprint density at radius 3 is 2.96 bits per heavy atom. The van der Waals surface area contributed by atoms with Crippen molar-refractivity contribution in [2.45, 2.75) is 19.8 Å². The molecule has 1 heterocycles. The summed E-state index contributed by atoms with van der Waals surface area (Å²) in [6.45, 7) is 3.14. The molecule has 1 atom stereocenters. The molecule has 2 aromatic rings. The smallest absolute Gasteiger partial charge is 0.226 e. The Balaban J connectivity index is 1.52. The largest absolute Gasteiger partial charge is 0.497 e. The summed E-state index contributed by atoms with van der Waals surface area (Å²) in [5.41, 5.74) is 3.54. The van der Waals surface area contributed by atoms with Crippen molar-refractivity contribution in [3.8, 4) is 11.5 Å². The maximum atomic E-state index is 12.4.